The first-order valence-corrected chi connectivity index (χ1v) is 7.21. The predicted molar refractivity (Wildman–Crippen MR) is 78.2 cm³/mol. The van der Waals surface area contributed by atoms with E-state index in [-0.39, 0.29) is 11.9 Å². The van der Waals surface area contributed by atoms with Gasteiger partial charge in [0, 0.05) is 46.3 Å². The molecule has 1 saturated heterocycles. The van der Waals surface area contributed by atoms with Gasteiger partial charge in [-0.05, 0) is 6.54 Å². The summed E-state index contributed by atoms with van der Waals surface area (Å²) in [6.45, 7) is 9.06. The van der Waals surface area contributed by atoms with E-state index in [1.54, 1.807) is 7.11 Å². The lowest BCUT2D eigenvalue weighted by molar-refractivity contribution is -0.0434. The van der Waals surface area contributed by atoms with Gasteiger partial charge in [-0.1, -0.05) is 12.1 Å². The summed E-state index contributed by atoms with van der Waals surface area (Å²) in [5.74, 6) is 0.257. The van der Waals surface area contributed by atoms with Crippen LogP contribution in [0.4, 0.5) is 0 Å². The summed E-state index contributed by atoms with van der Waals surface area (Å²) >= 11 is 0. The van der Waals surface area contributed by atoms with Crippen LogP contribution in [0, 0.1) is 0 Å². The standard InChI is InChI=1S/C13H28N4O3/c1-3-16-7-9-20-12(10-16)11-17(6-8-19-2)5-4-13(14)15-18/h12,18H,3-11H2,1-2H3,(H2,14,15). The fraction of sp³-hybridized carbons (Fsp3) is 0.923. The third-order valence-corrected chi connectivity index (χ3v) is 3.56. The quantitative estimate of drug-likeness (QED) is 0.264. The molecule has 0 radical (unpaired) electrons. The highest BCUT2D eigenvalue weighted by Crippen LogP contribution is 2.07. The molecular formula is C13H28N4O3. The van der Waals surface area contributed by atoms with Crippen LogP contribution in [0.15, 0.2) is 5.16 Å². The fourth-order valence-electron chi connectivity index (χ4n) is 2.30. The van der Waals surface area contributed by atoms with Crippen molar-refractivity contribution in [3.05, 3.63) is 0 Å². The van der Waals surface area contributed by atoms with Crippen molar-refractivity contribution in [2.45, 2.75) is 19.4 Å². The molecular weight excluding hydrogens is 260 g/mol. The fourth-order valence-corrected chi connectivity index (χ4v) is 2.30. The predicted octanol–water partition coefficient (Wildman–Crippen LogP) is -0.208. The zero-order valence-corrected chi connectivity index (χ0v) is 12.6. The first-order chi connectivity index (χ1) is 9.69. The van der Waals surface area contributed by atoms with Crippen LogP contribution in [0.25, 0.3) is 0 Å². The van der Waals surface area contributed by atoms with Gasteiger partial charge in [-0.3, -0.25) is 9.80 Å². The summed E-state index contributed by atoms with van der Waals surface area (Å²) in [5, 5.41) is 11.6. The average molecular weight is 288 g/mol. The molecule has 0 spiro atoms. The van der Waals surface area contributed by atoms with E-state index in [9.17, 15) is 0 Å². The molecule has 0 bridgehead atoms. The van der Waals surface area contributed by atoms with Crippen LogP contribution in [0.2, 0.25) is 0 Å². The number of methoxy groups -OCH3 is 1. The van der Waals surface area contributed by atoms with Crippen LogP contribution in [0.5, 0.6) is 0 Å². The number of amidine groups is 1. The minimum absolute atomic E-state index is 0.216. The van der Waals surface area contributed by atoms with Gasteiger partial charge in [0.25, 0.3) is 0 Å². The number of rotatable bonds is 9. The Labute approximate surface area is 121 Å². The van der Waals surface area contributed by atoms with E-state index in [2.05, 4.69) is 21.9 Å². The molecule has 20 heavy (non-hydrogen) atoms. The minimum atomic E-state index is 0.216. The van der Waals surface area contributed by atoms with Crippen molar-refractivity contribution < 1.29 is 14.7 Å². The molecule has 1 fully saturated rings. The number of hydrogen-bond acceptors (Lipinski definition) is 6. The zero-order chi connectivity index (χ0) is 14.8. The molecule has 1 aliphatic heterocycles. The lowest BCUT2D eigenvalue weighted by Crippen LogP contribution is -2.48. The van der Waals surface area contributed by atoms with Crippen molar-refractivity contribution in [1.29, 1.82) is 0 Å². The molecule has 0 aromatic rings. The third-order valence-electron chi connectivity index (χ3n) is 3.56. The lowest BCUT2D eigenvalue weighted by atomic mass is 10.2. The molecule has 1 unspecified atom stereocenters. The molecule has 118 valence electrons. The van der Waals surface area contributed by atoms with E-state index in [1.807, 2.05) is 0 Å². The smallest absolute Gasteiger partial charge is 0.140 e. The Morgan fingerprint density at radius 3 is 3.00 bits per heavy atom. The molecule has 7 heteroatoms. The number of nitrogens with zero attached hydrogens (tertiary/aromatic N) is 3. The molecule has 1 heterocycles. The maximum Gasteiger partial charge on any atom is 0.140 e. The summed E-state index contributed by atoms with van der Waals surface area (Å²) in [7, 11) is 1.69. The van der Waals surface area contributed by atoms with Crippen molar-refractivity contribution in [3.63, 3.8) is 0 Å². The van der Waals surface area contributed by atoms with Gasteiger partial charge in [0.15, 0.2) is 0 Å². The number of nitrogens with two attached hydrogens (primary N) is 1. The second kappa shape index (κ2) is 9.93. The molecule has 7 nitrogen and oxygen atoms in total. The number of morpholine rings is 1. The summed E-state index contributed by atoms with van der Waals surface area (Å²) in [6, 6.07) is 0. The van der Waals surface area contributed by atoms with Gasteiger partial charge in [-0.25, -0.2) is 0 Å². The van der Waals surface area contributed by atoms with E-state index in [0.717, 1.165) is 45.9 Å². The van der Waals surface area contributed by atoms with Gasteiger partial charge in [-0.15, -0.1) is 0 Å². The summed E-state index contributed by atoms with van der Waals surface area (Å²) in [4.78, 5) is 4.64. The topological polar surface area (TPSA) is 83.5 Å². The largest absolute Gasteiger partial charge is 0.409 e. The zero-order valence-electron chi connectivity index (χ0n) is 12.6. The highest BCUT2D eigenvalue weighted by molar-refractivity contribution is 5.79. The van der Waals surface area contributed by atoms with Crippen LogP contribution in [0.3, 0.4) is 0 Å². The first-order valence-electron chi connectivity index (χ1n) is 7.21. The highest BCUT2D eigenvalue weighted by Gasteiger charge is 2.21. The molecule has 0 amide bonds. The van der Waals surface area contributed by atoms with Crippen LogP contribution >= 0.6 is 0 Å². The van der Waals surface area contributed by atoms with Crippen LogP contribution in [0.1, 0.15) is 13.3 Å². The number of oxime groups is 1. The maximum absolute atomic E-state index is 8.60. The average Bonchev–Trinajstić information content (AvgIpc) is 2.49. The number of likely N-dealkylation sites (N-methyl/N-ethyl adjacent to an activating group) is 1. The molecule has 3 N–H and O–H groups in total. The Balaban J connectivity index is 2.41. The van der Waals surface area contributed by atoms with Gasteiger partial charge in [-0.2, -0.15) is 0 Å². The Morgan fingerprint density at radius 1 is 1.55 bits per heavy atom. The minimum Gasteiger partial charge on any atom is -0.409 e. The SMILES string of the molecule is CCN1CCOC(CN(CCOC)CCC(N)=NO)C1. The maximum atomic E-state index is 8.60. The van der Waals surface area contributed by atoms with Crippen LogP contribution in [-0.4, -0.2) is 86.5 Å². The van der Waals surface area contributed by atoms with Gasteiger partial charge >= 0.3 is 0 Å². The number of hydrogen-bond donors (Lipinski definition) is 2. The van der Waals surface area contributed by atoms with Crippen molar-refractivity contribution in [3.8, 4) is 0 Å². The molecule has 1 rings (SSSR count). The van der Waals surface area contributed by atoms with Crippen molar-refractivity contribution in [2.24, 2.45) is 10.9 Å². The molecule has 0 aliphatic carbocycles. The van der Waals surface area contributed by atoms with Crippen LogP contribution < -0.4 is 5.73 Å². The highest BCUT2D eigenvalue weighted by atomic mass is 16.5. The van der Waals surface area contributed by atoms with Gasteiger partial charge in [0.05, 0.1) is 19.3 Å². The molecule has 0 saturated carbocycles. The lowest BCUT2D eigenvalue weighted by Gasteiger charge is -2.35. The van der Waals surface area contributed by atoms with Crippen molar-refractivity contribution in [1.82, 2.24) is 9.80 Å². The Bertz CT molecular complexity index is 289. The molecule has 1 atom stereocenters. The monoisotopic (exact) mass is 288 g/mol. The van der Waals surface area contributed by atoms with E-state index >= 15 is 0 Å². The second-order valence-corrected chi connectivity index (χ2v) is 5.02. The summed E-state index contributed by atoms with van der Waals surface area (Å²) in [6.07, 6.45) is 0.762. The van der Waals surface area contributed by atoms with E-state index in [4.69, 9.17) is 20.4 Å². The van der Waals surface area contributed by atoms with E-state index in [0.29, 0.717) is 13.0 Å². The van der Waals surface area contributed by atoms with Gasteiger partial charge in [0.1, 0.15) is 5.84 Å². The number of ether oxygens (including phenoxy) is 2. The van der Waals surface area contributed by atoms with Gasteiger partial charge in [0.2, 0.25) is 0 Å². The Kier molecular flexibility index (Phi) is 8.52. The second-order valence-electron chi connectivity index (χ2n) is 5.02. The van der Waals surface area contributed by atoms with Crippen molar-refractivity contribution in [2.75, 3.05) is 59.6 Å². The van der Waals surface area contributed by atoms with Crippen molar-refractivity contribution >= 4 is 5.84 Å². The molecule has 0 aromatic heterocycles. The first kappa shape index (κ1) is 17.2. The van der Waals surface area contributed by atoms with E-state index < -0.39 is 0 Å². The Morgan fingerprint density at radius 2 is 2.35 bits per heavy atom. The Hall–Kier alpha value is -0.890. The third kappa shape index (κ3) is 6.51. The normalized spacial score (nSPS) is 21.6. The summed E-state index contributed by atoms with van der Waals surface area (Å²) in [5.41, 5.74) is 5.53. The summed E-state index contributed by atoms with van der Waals surface area (Å²) < 4.78 is 11.0. The molecule has 0 aromatic carbocycles. The van der Waals surface area contributed by atoms with E-state index in [1.165, 1.54) is 0 Å². The van der Waals surface area contributed by atoms with Crippen LogP contribution in [-0.2, 0) is 9.47 Å². The van der Waals surface area contributed by atoms with Gasteiger partial charge < -0.3 is 20.4 Å². The molecule has 1 aliphatic rings.